The van der Waals surface area contributed by atoms with Gasteiger partial charge in [-0.3, -0.25) is 0 Å². The van der Waals surface area contributed by atoms with Crippen LogP contribution in [0.15, 0.2) is 12.2 Å². The maximum atomic E-state index is 9.59. The Morgan fingerprint density at radius 3 is 2.70 bits per heavy atom. The fourth-order valence-corrected chi connectivity index (χ4v) is 2.46. The molecule has 0 aromatic rings. The average Bonchev–Trinajstić information content (AvgIpc) is 2.13. The summed E-state index contributed by atoms with van der Waals surface area (Å²) >= 11 is 0. The molecule has 2 fully saturated rings. The highest BCUT2D eigenvalue weighted by Gasteiger charge is 2.54. The van der Waals surface area contributed by atoms with Gasteiger partial charge in [0.2, 0.25) is 0 Å². The molecule has 0 aromatic heterocycles. The third-order valence-corrected chi connectivity index (χ3v) is 3.58. The lowest BCUT2D eigenvalue weighted by molar-refractivity contribution is 0.0311. The first-order chi connectivity index (χ1) is 4.65. The minimum absolute atomic E-state index is 0.0984. The maximum Gasteiger partial charge on any atom is 0.0633 e. The molecule has 0 aromatic carbocycles. The SMILES string of the molecule is C=C1CC2CC[C@@H](O)[C@]12C. The number of aliphatic hydroxyl groups is 1. The van der Waals surface area contributed by atoms with Crippen molar-refractivity contribution in [3.63, 3.8) is 0 Å². The monoisotopic (exact) mass is 138 g/mol. The molecule has 1 heteroatoms. The summed E-state index contributed by atoms with van der Waals surface area (Å²) in [5, 5.41) is 9.59. The molecule has 1 nitrogen and oxygen atoms in total. The van der Waals surface area contributed by atoms with Crippen molar-refractivity contribution in [2.45, 2.75) is 32.3 Å². The molecular formula is C9H14O. The molecule has 1 unspecified atom stereocenters. The minimum Gasteiger partial charge on any atom is -0.392 e. The van der Waals surface area contributed by atoms with E-state index in [9.17, 15) is 5.11 Å². The van der Waals surface area contributed by atoms with E-state index in [-0.39, 0.29) is 11.5 Å². The zero-order valence-electron chi connectivity index (χ0n) is 6.43. The van der Waals surface area contributed by atoms with Gasteiger partial charge in [-0.25, -0.2) is 0 Å². The maximum absolute atomic E-state index is 9.59. The predicted molar refractivity (Wildman–Crippen MR) is 40.6 cm³/mol. The van der Waals surface area contributed by atoms with Crippen LogP contribution in [0.1, 0.15) is 26.2 Å². The Morgan fingerprint density at radius 2 is 2.30 bits per heavy atom. The summed E-state index contributed by atoms with van der Waals surface area (Å²) in [6.45, 7) is 6.12. The van der Waals surface area contributed by atoms with Crippen molar-refractivity contribution in [1.29, 1.82) is 0 Å². The van der Waals surface area contributed by atoms with Crippen molar-refractivity contribution >= 4 is 0 Å². The van der Waals surface area contributed by atoms with Gasteiger partial charge < -0.3 is 5.11 Å². The Labute approximate surface area is 61.8 Å². The van der Waals surface area contributed by atoms with Gasteiger partial charge in [0.1, 0.15) is 0 Å². The van der Waals surface area contributed by atoms with Gasteiger partial charge in [0, 0.05) is 5.41 Å². The first kappa shape index (κ1) is 6.41. The second-order valence-corrected chi connectivity index (χ2v) is 3.88. The summed E-state index contributed by atoms with van der Waals surface area (Å²) in [7, 11) is 0. The fraction of sp³-hybridized carbons (Fsp3) is 0.778. The molecule has 3 atom stereocenters. The molecule has 2 aliphatic rings. The van der Waals surface area contributed by atoms with Gasteiger partial charge in [-0.05, 0) is 25.2 Å². The Hall–Kier alpha value is -0.300. The molecule has 1 N–H and O–H groups in total. The zero-order valence-corrected chi connectivity index (χ0v) is 6.43. The highest BCUT2D eigenvalue weighted by atomic mass is 16.3. The van der Waals surface area contributed by atoms with Gasteiger partial charge in [-0.15, -0.1) is 0 Å². The molecule has 2 saturated carbocycles. The number of aliphatic hydroxyl groups excluding tert-OH is 1. The normalized spacial score (nSPS) is 52.4. The Balaban J connectivity index is 2.29. The highest BCUT2D eigenvalue weighted by Crippen LogP contribution is 2.59. The van der Waals surface area contributed by atoms with E-state index < -0.39 is 0 Å². The molecule has 10 heavy (non-hydrogen) atoms. The molecule has 0 amide bonds. The summed E-state index contributed by atoms with van der Waals surface area (Å²) in [4.78, 5) is 0. The third-order valence-electron chi connectivity index (χ3n) is 3.58. The largest absolute Gasteiger partial charge is 0.392 e. The smallest absolute Gasteiger partial charge is 0.0633 e. The van der Waals surface area contributed by atoms with Crippen molar-refractivity contribution < 1.29 is 5.11 Å². The topological polar surface area (TPSA) is 20.2 Å². The van der Waals surface area contributed by atoms with E-state index in [2.05, 4.69) is 13.5 Å². The zero-order chi connectivity index (χ0) is 7.35. The molecule has 0 aliphatic heterocycles. The van der Waals surface area contributed by atoms with Gasteiger partial charge in [0.05, 0.1) is 6.10 Å². The quantitative estimate of drug-likeness (QED) is 0.505. The molecule has 56 valence electrons. The van der Waals surface area contributed by atoms with E-state index in [1.165, 1.54) is 12.0 Å². The van der Waals surface area contributed by atoms with Crippen LogP contribution in [0.5, 0.6) is 0 Å². The second-order valence-electron chi connectivity index (χ2n) is 3.88. The number of rotatable bonds is 0. The average molecular weight is 138 g/mol. The lowest BCUT2D eigenvalue weighted by Crippen LogP contribution is -2.42. The first-order valence-corrected chi connectivity index (χ1v) is 4.02. The van der Waals surface area contributed by atoms with Crippen LogP contribution >= 0.6 is 0 Å². The molecule has 0 heterocycles. The lowest BCUT2D eigenvalue weighted by Gasteiger charge is -2.46. The second kappa shape index (κ2) is 1.65. The Kier molecular flexibility index (Phi) is 1.06. The van der Waals surface area contributed by atoms with Crippen LogP contribution < -0.4 is 0 Å². The molecule has 0 spiro atoms. The van der Waals surface area contributed by atoms with Crippen molar-refractivity contribution in [2.75, 3.05) is 0 Å². The van der Waals surface area contributed by atoms with E-state index >= 15 is 0 Å². The summed E-state index contributed by atoms with van der Waals surface area (Å²) < 4.78 is 0. The van der Waals surface area contributed by atoms with Gasteiger partial charge in [0.15, 0.2) is 0 Å². The first-order valence-electron chi connectivity index (χ1n) is 4.02. The van der Waals surface area contributed by atoms with Crippen LogP contribution in [0.25, 0.3) is 0 Å². The van der Waals surface area contributed by atoms with Crippen LogP contribution in [-0.4, -0.2) is 11.2 Å². The Bertz CT molecular complexity index is 177. The van der Waals surface area contributed by atoms with Crippen molar-refractivity contribution in [3.8, 4) is 0 Å². The molecule has 2 aliphatic carbocycles. The Morgan fingerprint density at radius 1 is 1.60 bits per heavy atom. The van der Waals surface area contributed by atoms with Crippen LogP contribution in [-0.2, 0) is 0 Å². The summed E-state index contributed by atoms with van der Waals surface area (Å²) in [6, 6.07) is 0. The number of fused-ring (bicyclic) bond motifs is 1. The van der Waals surface area contributed by atoms with Crippen LogP contribution in [0.2, 0.25) is 0 Å². The molecular weight excluding hydrogens is 124 g/mol. The number of hydrogen-bond donors (Lipinski definition) is 1. The van der Waals surface area contributed by atoms with Gasteiger partial charge >= 0.3 is 0 Å². The summed E-state index contributed by atoms with van der Waals surface area (Å²) in [5.41, 5.74) is 1.38. The van der Waals surface area contributed by atoms with Crippen LogP contribution in [0.3, 0.4) is 0 Å². The van der Waals surface area contributed by atoms with Gasteiger partial charge in [0.25, 0.3) is 0 Å². The van der Waals surface area contributed by atoms with Gasteiger partial charge in [-0.1, -0.05) is 19.1 Å². The van der Waals surface area contributed by atoms with E-state index in [4.69, 9.17) is 0 Å². The predicted octanol–water partition coefficient (Wildman–Crippen LogP) is 1.72. The van der Waals surface area contributed by atoms with Crippen molar-refractivity contribution in [2.24, 2.45) is 11.3 Å². The standard InChI is InChI=1S/C9H14O/c1-6-5-7-3-4-8(10)9(6,7)2/h7-8,10H,1,3-5H2,2H3/t7?,8-,9-/m1/s1. The summed E-state index contributed by atoms with van der Waals surface area (Å²) in [5.74, 6) is 0.745. The molecule has 0 bridgehead atoms. The fourth-order valence-electron chi connectivity index (χ4n) is 2.46. The van der Waals surface area contributed by atoms with E-state index in [0.717, 1.165) is 18.8 Å². The van der Waals surface area contributed by atoms with Crippen LogP contribution in [0, 0.1) is 11.3 Å². The highest BCUT2D eigenvalue weighted by molar-refractivity contribution is 5.27. The van der Waals surface area contributed by atoms with Crippen molar-refractivity contribution in [3.05, 3.63) is 12.2 Å². The van der Waals surface area contributed by atoms with Gasteiger partial charge in [-0.2, -0.15) is 0 Å². The molecule has 0 saturated heterocycles. The molecule has 0 radical (unpaired) electrons. The van der Waals surface area contributed by atoms with E-state index in [1.807, 2.05) is 0 Å². The van der Waals surface area contributed by atoms with Crippen LogP contribution in [0.4, 0.5) is 0 Å². The van der Waals surface area contributed by atoms with E-state index in [1.54, 1.807) is 0 Å². The third kappa shape index (κ3) is 0.485. The number of hydrogen-bond acceptors (Lipinski definition) is 1. The van der Waals surface area contributed by atoms with Crippen molar-refractivity contribution in [1.82, 2.24) is 0 Å². The van der Waals surface area contributed by atoms with E-state index in [0.29, 0.717) is 0 Å². The minimum atomic E-state index is -0.0984. The molecule has 2 rings (SSSR count). The lowest BCUT2D eigenvalue weighted by atomic mass is 9.59. The summed E-state index contributed by atoms with van der Waals surface area (Å²) in [6.07, 6.45) is 3.25.